The first-order chi connectivity index (χ1) is 13.4. The van der Waals surface area contributed by atoms with Gasteiger partial charge in [-0.15, -0.1) is 0 Å². The first-order valence-corrected chi connectivity index (χ1v) is 9.62. The molecule has 0 radical (unpaired) electrons. The number of benzene rings is 1. The molecule has 1 atom stereocenters. The first-order valence-electron chi connectivity index (χ1n) is 9.24. The molecule has 1 N–H and O–H groups in total. The molecule has 9 nitrogen and oxygen atoms in total. The number of nitro groups is 1. The second kappa shape index (κ2) is 8.36. The largest absolute Gasteiger partial charge is 0.465 e. The number of hydrogen-bond acceptors (Lipinski definition) is 5. The Kier molecular flexibility index (Phi) is 6.52. The number of carbonyl (C=O) groups excluding carboxylic acids is 2. The number of rotatable bonds is 6. The van der Waals surface area contributed by atoms with Crippen LogP contribution in [0.4, 0.5) is 10.5 Å². The molecular weight excluding hydrogens is 402 g/mol. The van der Waals surface area contributed by atoms with Crippen LogP contribution in [0.1, 0.15) is 57.3 Å². The molecule has 0 aromatic heterocycles. The lowest BCUT2D eigenvalue weighted by Gasteiger charge is -2.40. The first kappa shape index (κ1) is 22.6. The van der Waals surface area contributed by atoms with Crippen LogP contribution in [0.2, 0.25) is 5.02 Å². The van der Waals surface area contributed by atoms with E-state index in [1.54, 1.807) is 27.7 Å². The van der Waals surface area contributed by atoms with E-state index in [1.807, 2.05) is 0 Å². The van der Waals surface area contributed by atoms with E-state index in [9.17, 15) is 29.6 Å². The number of amides is 3. The van der Waals surface area contributed by atoms with E-state index < -0.39 is 46.1 Å². The van der Waals surface area contributed by atoms with Crippen LogP contribution < -0.4 is 0 Å². The molecule has 0 spiro atoms. The van der Waals surface area contributed by atoms with Crippen LogP contribution in [-0.2, 0) is 4.79 Å². The number of carbonyl (C=O) groups is 3. The van der Waals surface area contributed by atoms with Gasteiger partial charge in [0.25, 0.3) is 17.5 Å². The summed E-state index contributed by atoms with van der Waals surface area (Å²) in [6.45, 7) is 6.61. The van der Waals surface area contributed by atoms with Gasteiger partial charge in [0.2, 0.25) is 0 Å². The van der Waals surface area contributed by atoms with Gasteiger partial charge < -0.3 is 5.11 Å². The van der Waals surface area contributed by atoms with Gasteiger partial charge in [-0.1, -0.05) is 24.6 Å². The van der Waals surface area contributed by atoms with Crippen molar-refractivity contribution in [3.63, 3.8) is 0 Å². The van der Waals surface area contributed by atoms with E-state index in [4.69, 9.17) is 11.6 Å². The number of nitrogens with zero attached hydrogens (tertiary/aromatic N) is 3. The predicted molar refractivity (Wildman–Crippen MR) is 106 cm³/mol. The van der Waals surface area contributed by atoms with Crippen LogP contribution in [0, 0.1) is 10.1 Å². The molecule has 10 heteroatoms. The Balaban J connectivity index is 2.52. The Morgan fingerprint density at radius 1 is 1.31 bits per heavy atom. The van der Waals surface area contributed by atoms with E-state index in [2.05, 4.69) is 0 Å². The van der Waals surface area contributed by atoms with Crippen LogP contribution >= 0.6 is 11.6 Å². The molecule has 3 amide bonds. The van der Waals surface area contributed by atoms with Crippen molar-refractivity contribution in [3.05, 3.63) is 38.9 Å². The van der Waals surface area contributed by atoms with Gasteiger partial charge in [-0.2, -0.15) is 0 Å². The number of halogens is 1. The average molecular weight is 426 g/mol. The van der Waals surface area contributed by atoms with Crippen molar-refractivity contribution in [1.29, 1.82) is 0 Å². The average Bonchev–Trinajstić information content (AvgIpc) is 3.42. The summed E-state index contributed by atoms with van der Waals surface area (Å²) < 4.78 is 0. The SMILES string of the molecule is CC[C@@H](C(=O)N(C(=O)c1c(Cl)cccc1[N+](=O)[O-])C1CC1)N(C(=O)O)C(C)(C)C. The van der Waals surface area contributed by atoms with Crippen molar-refractivity contribution in [3.8, 4) is 0 Å². The number of hydrogen-bond donors (Lipinski definition) is 1. The van der Waals surface area contributed by atoms with Gasteiger partial charge in [-0.05, 0) is 46.1 Å². The monoisotopic (exact) mass is 425 g/mol. The van der Waals surface area contributed by atoms with Gasteiger partial charge in [-0.3, -0.25) is 29.5 Å². The smallest absolute Gasteiger partial charge is 0.408 e. The van der Waals surface area contributed by atoms with Gasteiger partial charge in [0.15, 0.2) is 0 Å². The molecule has 2 rings (SSSR count). The minimum Gasteiger partial charge on any atom is -0.465 e. The standard InChI is InChI=1S/C19H24ClN3O6/c1-5-13(22(18(26)27)19(2,3)4)16(24)21(11-9-10-11)17(25)15-12(20)7-6-8-14(15)23(28)29/h6-8,11,13H,5,9-10H2,1-4H3,(H,26,27)/t13-/m0/s1. The topological polar surface area (TPSA) is 121 Å². The molecule has 1 saturated carbocycles. The highest BCUT2D eigenvalue weighted by Gasteiger charge is 2.46. The highest BCUT2D eigenvalue weighted by molar-refractivity contribution is 6.35. The zero-order chi connectivity index (χ0) is 22.1. The van der Waals surface area contributed by atoms with Gasteiger partial charge in [0.05, 0.1) is 9.95 Å². The molecule has 0 unspecified atom stereocenters. The second-order valence-electron chi connectivity index (χ2n) is 7.88. The Bertz CT molecular complexity index is 847. The molecule has 29 heavy (non-hydrogen) atoms. The fourth-order valence-corrected chi connectivity index (χ4v) is 3.54. The highest BCUT2D eigenvalue weighted by Crippen LogP contribution is 2.35. The summed E-state index contributed by atoms with van der Waals surface area (Å²) in [5, 5.41) is 20.9. The van der Waals surface area contributed by atoms with Crippen molar-refractivity contribution < 1.29 is 24.4 Å². The summed E-state index contributed by atoms with van der Waals surface area (Å²) in [6, 6.07) is 2.29. The summed E-state index contributed by atoms with van der Waals surface area (Å²) in [6.07, 6.45) is -0.0443. The highest BCUT2D eigenvalue weighted by atomic mass is 35.5. The van der Waals surface area contributed by atoms with Gasteiger partial charge in [-0.25, -0.2) is 4.79 Å². The minimum absolute atomic E-state index is 0.137. The lowest BCUT2D eigenvalue weighted by atomic mass is 10.0. The van der Waals surface area contributed by atoms with Crippen LogP contribution in [0.25, 0.3) is 0 Å². The maximum atomic E-state index is 13.3. The van der Waals surface area contributed by atoms with Gasteiger partial charge >= 0.3 is 6.09 Å². The number of nitro benzene ring substituents is 1. The van der Waals surface area contributed by atoms with Crippen molar-refractivity contribution >= 4 is 35.2 Å². The van der Waals surface area contributed by atoms with Crippen molar-refractivity contribution in [2.45, 2.75) is 64.6 Å². The summed E-state index contributed by atoms with van der Waals surface area (Å²) in [5.41, 5.74) is -1.76. The predicted octanol–water partition coefficient (Wildman–Crippen LogP) is 3.94. The second-order valence-corrected chi connectivity index (χ2v) is 8.29. The fourth-order valence-electron chi connectivity index (χ4n) is 3.29. The number of imide groups is 1. The Morgan fingerprint density at radius 3 is 2.31 bits per heavy atom. The van der Waals surface area contributed by atoms with E-state index in [1.165, 1.54) is 12.1 Å². The lowest BCUT2D eigenvalue weighted by Crippen LogP contribution is -2.58. The third-order valence-corrected chi connectivity index (χ3v) is 5.00. The molecule has 1 aliphatic rings. The van der Waals surface area contributed by atoms with E-state index >= 15 is 0 Å². The van der Waals surface area contributed by atoms with E-state index in [0.717, 1.165) is 15.9 Å². The maximum absolute atomic E-state index is 13.3. The Hall–Kier alpha value is -2.68. The van der Waals surface area contributed by atoms with Crippen LogP contribution in [0.5, 0.6) is 0 Å². The Labute approximate surface area is 173 Å². The van der Waals surface area contributed by atoms with Crippen LogP contribution in [-0.4, -0.2) is 55.4 Å². The molecule has 1 aromatic rings. The lowest BCUT2D eigenvalue weighted by molar-refractivity contribution is -0.385. The molecule has 0 saturated heterocycles. The quantitative estimate of drug-likeness (QED) is 0.544. The van der Waals surface area contributed by atoms with Gasteiger partial charge in [0.1, 0.15) is 11.6 Å². The summed E-state index contributed by atoms with van der Waals surface area (Å²) >= 11 is 6.07. The number of carboxylic acid groups (broad SMARTS) is 1. The summed E-state index contributed by atoms with van der Waals surface area (Å²) in [5.74, 6) is -1.58. The molecule has 158 valence electrons. The molecular formula is C19H24ClN3O6. The zero-order valence-corrected chi connectivity index (χ0v) is 17.5. The Morgan fingerprint density at radius 2 is 1.90 bits per heavy atom. The summed E-state index contributed by atoms with van der Waals surface area (Å²) in [7, 11) is 0. The van der Waals surface area contributed by atoms with Crippen LogP contribution in [0.15, 0.2) is 18.2 Å². The van der Waals surface area contributed by atoms with Crippen LogP contribution in [0.3, 0.4) is 0 Å². The maximum Gasteiger partial charge on any atom is 0.408 e. The summed E-state index contributed by atoms with van der Waals surface area (Å²) in [4.78, 5) is 51.0. The minimum atomic E-state index is -1.29. The zero-order valence-electron chi connectivity index (χ0n) is 16.7. The van der Waals surface area contributed by atoms with Gasteiger partial charge in [0, 0.05) is 17.6 Å². The van der Waals surface area contributed by atoms with E-state index in [0.29, 0.717) is 12.8 Å². The van der Waals surface area contributed by atoms with E-state index in [-0.39, 0.29) is 17.0 Å². The molecule has 1 aliphatic carbocycles. The van der Waals surface area contributed by atoms with Crippen molar-refractivity contribution in [2.75, 3.05) is 0 Å². The normalized spacial score (nSPS) is 14.8. The molecule has 0 heterocycles. The molecule has 1 aromatic carbocycles. The van der Waals surface area contributed by atoms with Crippen molar-refractivity contribution in [1.82, 2.24) is 9.80 Å². The fraction of sp³-hybridized carbons (Fsp3) is 0.526. The molecule has 1 fully saturated rings. The van der Waals surface area contributed by atoms with Crippen molar-refractivity contribution in [2.24, 2.45) is 0 Å². The third-order valence-electron chi connectivity index (χ3n) is 4.68. The molecule has 0 bridgehead atoms. The molecule has 0 aliphatic heterocycles. The third kappa shape index (κ3) is 4.67.